The SMILES string of the molecule is CCOC(=O)c1c(-c2cccs2)csc1NC(=O)Cc1csc(N2CCCC2=O)n1. The van der Waals surface area contributed by atoms with Crippen LogP contribution in [0.25, 0.3) is 10.4 Å². The van der Waals surface area contributed by atoms with Crippen LogP contribution in [0.15, 0.2) is 28.3 Å². The number of hydrogen-bond donors (Lipinski definition) is 1. The second-order valence-corrected chi connectivity index (χ2v) is 9.21. The highest BCUT2D eigenvalue weighted by Gasteiger charge is 2.26. The number of rotatable bonds is 7. The molecule has 0 aromatic carbocycles. The molecule has 1 aliphatic heterocycles. The highest BCUT2D eigenvalue weighted by atomic mass is 32.1. The molecule has 0 spiro atoms. The van der Waals surface area contributed by atoms with Crippen molar-refractivity contribution < 1.29 is 19.1 Å². The molecular formula is C20H19N3O4S3. The molecule has 2 amide bonds. The molecule has 3 aromatic heterocycles. The Morgan fingerprint density at radius 3 is 2.83 bits per heavy atom. The lowest BCUT2D eigenvalue weighted by atomic mass is 10.1. The largest absolute Gasteiger partial charge is 0.462 e. The van der Waals surface area contributed by atoms with Gasteiger partial charge in [-0.15, -0.1) is 34.0 Å². The third-order valence-corrected chi connectivity index (χ3v) is 7.21. The van der Waals surface area contributed by atoms with Gasteiger partial charge in [-0.25, -0.2) is 9.78 Å². The number of carbonyl (C=O) groups excluding carboxylic acids is 3. The molecule has 4 heterocycles. The maximum atomic E-state index is 12.6. The first-order valence-electron chi connectivity index (χ1n) is 9.44. The smallest absolute Gasteiger partial charge is 0.341 e. The van der Waals surface area contributed by atoms with Crippen LogP contribution < -0.4 is 10.2 Å². The number of thiazole rings is 1. The van der Waals surface area contributed by atoms with Gasteiger partial charge in [-0.05, 0) is 24.8 Å². The fraction of sp³-hybridized carbons (Fsp3) is 0.300. The molecule has 1 saturated heterocycles. The van der Waals surface area contributed by atoms with Gasteiger partial charge in [0.1, 0.15) is 10.6 Å². The lowest BCUT2D eigenvalue weighted by Crippen LogP contribution is -2.23. The minimum absolute atomic E-state index is 0.0625. The van der Waals surface area contributed by atoms with Crippen molar-refractivity contribution in [3.63, 3.8) is 0 Å². The van der Waals surface area contributed by atoms with Crippen LogP contribution in [0.4, 0.5) is 10.1 Å². The van der Waals surface area contributed by atoms with Crippen molar-refractivity contribution >= 4 is 61.9 Å². The quantitative estimate of drug-likeness (QED) is 0.526. The summed E-state index contributed by atoms with van der Waals surface area (Å²) < 4.78 is 5.21. The van der Waals surface area contributed by atoms with E-state index in [1.807, 2.05) is 22.9 Å². The van der Waals surface area contributed by atoms with E-state index in [-0.39, 0.29) is 24.8 Å². The van der Waals surface area contributed by atoms with Crippen LogP contribution in [0.1, 0.15) is 35.8 Å². The van der Waals surface area contributed by atoms with E-state index in [0.717, 1.165) is 16.9 Å². The van der Waals surface area contributed by atoms with Crippen LogP contribution in [0.3, 0.4) is 0 Å². The van der Waals surface area contributed by atoms with Gasteiger partial charge in [0.15, 0.2) is 5.13 Å². The Morgan fingerprint density at radius 2 is 2.13 bits per heavy atom. The summed E-state index contributed by atoms with van der Waals surface area (Å²) in [5.41, 5.74) is 1.73. The zero-order valence-electron chi connectivity index (χ0n) is 16.2. The summed E-state index contributed by atoms with van der Waals surface area (Å²) in [6.45, 7) is 2.67. The minimum atomic E-state index is -0.457. The fourth-order valence-corrected chi connectivity index (χ4v) is 5.81. The number of anilines is 2. The molecule has 0 radical (unpaired) electrons. The van der Waals surface area contributed by atoms with Crippen LogP contribution in [0, 0.1) is 0 Å². The topological polar surface area (TPSA) is 88.6 Å². The molecule has 7 nitrogen and oxygen atoms in total. The molecule has 10 heteroatoms. The van der Waals surface area contributed by atoms with Gasteiger partial charge in [0, 0.05) is 34.2 Å². The van der Waals surface area contributed by atoms with E-state index in [2.05, 4.69) is 10.3 Å². The van der Waals surface area contributed by atoms with Crippen molar-refractivity contribution in [3.05, 3.63) is 39.5 Å². The maximum absolute atomic E-state index is 12.6. The summed E-state index contributed by atoms with van der Waals surface area (Å²) in [4.78, 5) is 44.1. The van der Waals surface area contributed by atoms with E-state index in [9.17, 15) is 14.4 Å². The summed E-state index contributed by atoms with van der Waals surface area (Å²) in [7, 11) is 0. The van der Waals surface area contributed by atoms with Crippen molar-refractivity contribution in [2.24, 2.45) is 0 Å². The number of hydrogen-bond acceptors (Lipinski definition) is 8. The molecule has 30 heavy (non-hydrogen) atoms. The molecule has 0 bridgehead atoms. The van der Waals surface area contributed by atoms with Crippen molar-refractivity contribution in [1.82, 2.24) is 4.98 Å². The van der Waals surface area contributed by atoms with E-state index in [1.54, 1.807) is 17.2 Å². The van der Waals surface area contributed by atoms with Crippen LogP contribution >= 0.6 is 34.0 Å². The van der Waals surface area contributed by atoms with Gasteiger partial charge in [0.25, 0.3) is 0 Å². The Bertz CT molecular complexity index is 1070. The molecule has 0 atom stereocenters. The average Bonchev–Trinajstić information content (AvgIpc) is 3.48. The predicted octanol–water partition coefficient (Wildman–Crippen LogP) is 4.42. The zero-order chi connectivity index (χ0) is 21.1. The van der Waals surface area contributed by atoms with Crippen LogP contribution in [0.5, 0.6) is 0 Å². The molecule has 3 aromatic rings. The lowest BCUT2D eigenvalue weighted by Gasteiger charge is -2.10. The van der Waals surface area contributed by atoms with Crippen molar-refractivity contribution in [1.29, 1.82) is 0 Å². The van der Waals surface area contributed by atoms with Gasteiger partial charge in [-0.1, -0.05) is 6.07 Å². The molecule has 156 valence electrons. The Kier molecular flexibility index (Phi) is 6.26. The summed E-state index contributed by atoms with van der Waals surface area (Å²) in [6, 6.07) is 3.84. The third kappa shape index (κ3) is 4.30. The summed E-state index contributed by atoms with van der Waals surface area (Å²) in [5.74, 6) is -0.662. The molecule has 4 rings (SSSR count). The average molecular weight is 462 g/mol. The molecule has 1 aliphatic rings. The van der Waals surface area contributed by atoms with E-state index in [1.165, 1.54) is 34.0 Å². The minimum Gasteiger partial charge on any atom is -0.462 e. The number of thiophene rings is 2. The first-order chi connectivity index (χ1) is 14.6. The van der Waals surface area contributed by atoms with Crippen molar-refractivity contribution in [2.75, 3.05) is 23.4 Å². The second kappa shape index (κ2) is 9.07. The molecular weight excluding hydrogens is 442 g/mol. The van der Waals surface area contributed by atoms with Crippen LogP contribution in [-0.2, 0) is 20.7 Å². The van der Waals surface area contributed by atoms with Gasteiger partial charge >= 0.3 is 5.97 Å². The van der Waals surface area contributed by atoms with Crippen molar-refractivity contribution in [3.8, 4) is 10.4 Å². The first-order valence-corrected chi connectivity index (χ1v) is 12.1. The lowest BCUT2D eigenvalue weighted by molar-refractivity contribution is -0.117. The van der Waals surface area contributed by atoms with Gasteiger partial charge in [0.2, 0.25) is 11.8 Å². The molecule has 0 unspecified atom stereocenters. The Balaban J connectivity index is 1.50. The van der Waals surface area contributed by atoms with Crippen LogP contribution in [0.2, 0.25) is 0 Å². The maximum Gasteiger partial charge on any atom is 0.341 e. The fourth-order valence-electron chi connectivity index (χ4n) is 3.16. The zero-order valence-corrected chi connectivity index (χ0v) is 18.6. The van der Waals surface area contributed by atoms with Gasteiger partial charge in [-0.3, -0.25) is 14.5 Å². The van der Waals surface area contributed by atoms with Crippen LogP contribution in [-0.4, -0.2) is 35.9 Å². The number of nitrogens with zero attached hydrogens (tertiary/aromatic N) is 2. The van der Waals surface area contributed by atoms with E-state index >= 15 is 0 Å². The highest BCUT2D eigenvalue weighted by molar-refractivity contribution is 7.17. The molecule has 1 N–H and O–H groups in total. The molecule has 1 fully saturated rings. The van der Waals surface area contributed by atoms with E-state index in [0.29, 0.717) is 34.4 Å². The number of esters is 1. The summed E-state index contributed by atoms with van der Waals surface area (Å²) in [6.07, 6.45) is 1.43. The second-order valence-electron chi connectivity index (χ2n) is 6.55. The van der Waals surface area contributed by atoms with Crippen molar-refractivity contribution in [2.45, 2.75) is 26.2 Å². The number of amides is 2. The monoisotopic (exact) mass is 461 g/mol. The van der Waals surface area contributed by atoms with Gasteiger partial charge < -0.3 is 10.1 Å². The summed E-state index contributed by atoms with van der Waals surface area (Å²) >= 11 is 4.18. The molecule has 0 saturated carbocycles. The van der Waals surface area contributed by atoms with Gasteiger partial charge in [-0.2, -0.15) is 0 Å². The standard InChI is InChI=1S/C20H19N3O4S3/c1-2-27-19(26)17-13(14-5-4-8-28-14)11-29-18(17)22-15(24)9-12-10-30-20(21-12)23-7-3-6-16(23)25/h4-5,8,10-11H,2-3,6-7,9H2,1H3,(H,22,24). The number of nitrogens with one attached hydrogen (secondary N) is 1. The normalized spacial score (nSPS) is 13.6. The Hall–Kier alpha value is -2.56. The summed E-state index contributed by atoms with van der Waals surface area (Å²) in [5, 5.41) is 9.51. The number of carbonyl (C=O) groups is 3. The third-order valence-electron chi connectivity index (χ3n) is 4.50. The Labute approximate surface area is 185 Å². The first kappa shape index (κ1) is 20.7. The Morgan fingerprint density at radius 1 is 1.27 bits per heavy atom. The molecule has 0 aliphatic carbocycles. The predicted molar refractivity (Wildman–Crippen MR) is 120 cm³/mol. The number of aromatic nitrogens is 1. The van der Waals surface area contributed by atoms with E-state index in [4.69, 9.17) is 4.74 Å². The van der Waals surface area contributed by atoms with E-state index < -0.39 is 5.97 Å². The van der Waals surface area contributed by atoms with Gasteiger partial charge in [0.05, 0.1) is 18.7 Å². The number of ether oxygens (including phenoxy) is 1. The highest BCUT2D eigenvalue weighted by Crippen LogP contribution is 2.38.